The lowest BCUT2D eigenvalue weighted by Crippen LogP contribution is -2.24. The number of hydrazone groups is 1. The second kappa shape index (κ2) is 7.89. The molecule has 0 aliphatic rings. The number of ether oxygens (including phenoxy) is 1. The number of rotatable bonds is 5. The van der Waals surface area contributed by atoms with Crippen molar-refractivity contribution in [2.75, 3.05) is 6.61 Å². The average molecular weight is 446 g/mol. The predicted molar refractivity (Wildman–Crippen MR) is 96.9 cm³/mol. The zero-order valence-electron chi connectivity index (χ0n) is 12.0. The number of amides is 1. The van der Waals surface area contributed by atoms with Gasteiger partial charge in [-0.15, -0.1) is 11.3 Å². The largest absolute Gasteiger partial charge is 0.482 e. The SMILES string of the molecule is Cc1cc(C)c(OCC(=O)NN=Cc2cc(Br)cs2)c(Br)c1. The Balaban J connectivity index is 1.87. The maximum atomic E-state index is 11.7. The molecule has 2 rings (SSSR count). The van der Waals surface area contributed by atoms with Crippen molar-refractivity contribution < 1.29 is 9.53 Å². The van der Waals surface area contributed by atoms with Crippen molar-refractivity contribution in [1.29, 1.82) is 0 Å². The number of halogens is 2. The molecule has 0 spiro atoms. The van der Waals surface area contributed by atoms with Crippen LogP contribution in [0.3, 0.4) is 0 Å². The molecule has 1 N–H and O–H groups in total. The van der Waals surface area contributed by atoms with Crippen molar-refractivity contribution in [3.63, 3.8) is 0 Å². The highest BCUT2D eigenvalue weighted by Gasteiger charge is 2.08. The molecule has 0 bridgehead atoms. The predicted octanol–water partition coefficient (Wildman–Crippen LogP) is 4.42. The summed E-state index contributed by atoms with van der Waals surface area (Å²) in [6.45, 7) is 3.86. The van der Waals surface area contributed by atoms with Crippen molar-refractivity contribution in [1.82, 2.24) is 5.43 Å². The summed E-state index contributed by atoms with van der Waals surface area (Å²) in [5.41, 5.74) is 4.55. The molecule has 0 aliphatic heterocycles. The van der Waals surface area contributed by atoms with Crippen LogP contribution < -0.4 is 10.2 Å². The number of nitrogens with zero attached hydrogens (tertiary/aromatic N) is 1. The maximum absolute atomic E-state index is 11.7. The van der Waals surface area contributed by atoms with E-state index in [0.717, 1.165) is 24.9 Å². The van der Waals surface area contributed by atoms with E-state index in [2.05, 4.69) is 42.4 Å². The molecule has 1 heterocycles. The third-order valence-electron chi connectivity index (χ3n) is 2.69. The van der Waals surface area contributed by atoms with Gasteiger partial charge in [-0.2, -0.15) is 5.10 Å². The number of hydrogen-bond acceptors (Lipinski definition) is 4. The van der Waals surface area contributed by atoms with E-state index >= 15 is 0 Å². The first kappa shape index (κ1) is 17.2. The van der Waals surface area contributed by atoms with Crippen molar-refractivity contribution in [2.24, 2.45) is 5.10 Å². The Hall–Kier alpha value is -1.18. The van der Waals surface area contributed by atoms with Gasteiger partial charge in [0.2, 0.25) is 0 Å². The number of carbonyl (C=O) groups is 1. The topological polar surface area (TPSA) is 50.7 Å². The van der Waals surface area contributed by atoms with Crippen LogP contribution in [0.1, 0.15) is 16.0 Å². The number of benzene rings is 1. The summed E-state index contributed by atoms with van der Waals surface area (Å²) in [6.07, 6.45) is 1.60. The molecule has 1 aromatic heterocycles. The van der Waals surface area contributed by atoms with Crippen LogP contribution in [0.4, 0.5) is 0 Å². The Morgan fingerprint density at radius 2 is 2.14 bits per heavy atom. The van der Waals surface area contributed by atoms with Gasteiger partial charge in [-0.1, -0.05) is 6.07 Å². The van der Waals surface area contributed by atoms with Gasteiger partial charge in [-0.3, -0.25) is 4.79 Å². The molecule has 0 radical (unpaired) electrons. The first-order valence-corrected chi connectivity index (χ1v) is 8.88. The highest BCUT2D eigenvalue weighted by molar-refractivity contribution is 9.10. The van der Waals surface area contributed by atoms with Gasteiger partial charge in [0.25, 0.3) is 5.91 Å². The van der Waals surface area contributed by atoms with Gasteiger partial charge >= 0.3 is 0 Å². The number of nitrogens with one attached hydrogen (secondary N) is 1. The van der Waals surface area contributed by atoms with E-state index in [1.165, 1.54) is 11.3 Å². The number of aryl methyl sites for hydroxylation is 2. The highest BCUT2D eigenvalue weighted by atomic mass is 79.9. The van der Waals surface area contributed by atoms with Gasteiger partial charge < -0.3 is 4.74 Å². The van der Waals surface area contributed by atoms with Crippen LogP contribution in [-0.4, -0.2) is 18.7 Å². The summed E-state index contributed by atoms with van der Waals surface area (Å²) in [7, 11) is 0. The molecule has 1 aromatic carbocycles. The molecule has 0 fully saturated rings. The van der Waals surface area contributed by atoms with Gasteiger partial charge in [-0.25, -0.2) is 5.43 Å². The minimum absolute atomic E-state index is 0.0893. The van der Waals surface area contributed by atoms with Gasteiger partial charge in [0, 0.05) is 14.7 Å². The van der Waals surface area contributed by atoms with Crippen molar-refractivity contribution in [3.8, 4) is 5.75 Å². The summed E-state index contributed by atoms with van der Waals surface area (Å²) in [5, 5.41) is 5.85. The van der Waals surface area contributed by atoms with E-state index in [0.29, 0.717) is 5.75 Å². The van der Waals surface area contributed by atoms with E-state index in [1.807, 2.05) is 37.4 Å². The highest BCUT2D eigenvalue weighted by Crippen LogP contribution is 2.30. The molecule has 22 heavy (non-hydrogen) atoms. The van der Waals surface area contributed by atoms with E-state index < -0.39 is 0 Å². The van der Waals surface area contributed by atoms with Crippen LogP contribution in [0.2, 0.25) is 0 Å². The zero-order valence-corrected chi connectivity index (χ0v) is 16.0. The Morgan fingerprint density at radius 3 is 2.77 bits per heavy atom. The molecular weight excluding hydrogens is 432 g/mol. The van der Waals surface area contributed by atoms with Crippen molar-refractivity contribution in [2.45, 2.75) is 13.8 Å². The summed E-state index contributed by atoms with van der Waals surface area (Å²) < 4.78 is 7.39. The van der Waals surface area contributed by atoms with Crippen molar-refractivity contribution >= 4 is 55.3 Å². The van der Waals surface area contributed by atoms with Gasteiger partial charge in [0.1, 0.15) is 5.75 Å². The Morgan fingerprint density at radius 1 is 1.36 bits per heavy atom. The molecule has 0 atom stereocenters. The number of carbonyl (C=O) groups excluding carboxylic acids is 1. The maximum Gasteiger partial charge on any atom is 0.277 e. The van der Waals surface area contributed by atoms with E-state index in [-0.39, 0.29) is 12.5 Å². The van der Waals surface area contributed by atoms with Crippen LogP contribution in [-0.2, 0) is 4.79 Å². The summed E-state index contributed by atoms with van der Waals surface area (Å²) >= 11 is 8.34. The number of hydrogen-bond donors (Lipinski definition) is 1. The molecule has 2 aromatic rings. The average Bonchev–Trinajstić information content (AvgIpc) is 2.83. The molecule has 4 nitrogen and oxygen atoms in total. The quantitative estimate of drug-likeness (QED) is 0.547. The summed E-state index contributed by atoms with van der Waals surface area (Å²) in [4.78, 5) is 12.7. The third kappa shape index (κ3) is 4.93. The molecular formula is C15H14Br2N2O2S. The first-order valence-electron chi connectivity index (χ1n) is 6.41. The van der Waals surface area contributed by atoms with Crippen LogP contribution >= 0.6 is 43.2 Å². The lowest BCUT2D eigenvalue weighted by Gasteiger charge is -2.11. The van der Waals surface area contributed by atoms with E-state index in [9.17, 15) is 4.79 Å². The summed E-state index contributed by atoms with van der Waals surface area (Å²) in [6, 6.07) is 5.88. The molecule has 0 saturated carbocycles. The smallest absolute Gasteiger partial charge is 0.277 e. The normalized spacial score (nSPS) is 10.9. The minimum Gasteiger partial charge on any atom is -0.482 e. The van der Waals surface area contributed by atoms with Crippen LogP contribution in [0, 0.1) is 13.8 Å². The first-order chi connectivity index (χ1) is 10.5. The van der Waals surface area contributed by atoms with E-state index in [4.69, 9.17) is 4.74 Å². The Kier molecular flexibility index (Phi) is 6.16. The second-order valence-corrected chi connectivity index (χ2v) is 7.35. The third-order valence-corrected chi connectivity index (χ3v) is 4.91. The van der Waals surface area contributed by atoms with Gasteiger partial charge in [-0.05, 0) is 69.0 Å². The minimum atomic E-state index is -0.307. The van der Waals surface area contributed by atoms with Gasteiger partial charge in [0.05, 0.1) is 10.7 Å². The number of thiophene rings is 1. The fourth-order valence-electron chi connectivity index (χ4n) is 1.82. The molecule has 0 unspecified atom stereocenters. The standard InChI is InChI=1S/C15H14Br2N2O2S/c1-9-3-10(2)15(13(17)4-9)21-7-14(20)19-18-6-12-5-11(16)8-22-12/h3-6,8H,7H2,1-2H3,(H,19,20). The molecule has 1 amide bonds. The lowest BCUT2D eigenvalue weighted by atomic mass is 10.1. The van der Waals surface area contributed by atoms with E-state index in [1.54, 1.807) is 6.21 Å². The molecule has 7 heteroatoms. The van der Waals surface area contributed by atoms with Crippen LogP contribution in [0.5, 0.6) is 5.75 Å². The van der Waals surface area contributed by atoms with Gasteiger partial charge in [0.15, 0.2) is 6.61 Å². The van der Waals surface area contributed by atoms with Crippen LogP contribution in [0.25, 0.3) is 0 Å². The van der Waals surface area contributed by atoms with Crippen LogP contribution in [0.15, 0.2) is 37.6 Å². The molecule has 116 valence electrons. The molecule has 0 saturated heterocycles. The fraction of sp³-hybridized carbons (Fsp3) is 0.200. The Labute approximate surface area is 149 Å². The molecule has 0 aliphatic carbocycles. The monoisotopic (exact) mass is 444 g/mol. The Bertz CT molecular complexity index is 690. The summed E-state index contributed by atoms with van der Waals surface area (Å²) in [5.74, 6) is 0.366. The second-order valence-electron chi connectivity index (χ2n) is 4.64. The fourth-order valence-corrected chi connectivity index (χ4v) is 3.91. The van der Waals surface area contributed by atoms with Crippen molar-refractivity contribution in [3.05, 3.63) is 48.5 Å². The zero-order chi connectivity index (χ0) is 16.1. The lowest BCUT2D eigenvalue weighted by molar-refractivity contribution is -0.123.